The predicted molar refractivity (Wildman–Crippen MR) is 84.3 cm³/mol. The highest BCUT2D eigenvalue weighted by Gasteiger charge is 2.09. The zero-order valence-corrected chi connectivity index (χ0v) is 12.5. The number of carbonyl (C=O) groups is 1. The molecular formula is C15H19ClN4O. The highest BCUT2D eigenvalue weighted by Crippen LogP contribution is 2.17. The molecule has 0 unspecified atom stereocenters. The van der Waals surface area contributed by atoms with Crippen LogP contribution in [0.3, 0.4) is 0 Å². The predicted octanol–water partition coefficient (Wildman–Crippen LogP) is 2.72. The molecule has 0 bridgehead atoms. The number of halogens is 1. The van der Waals surface area contributed by atoms with Crippen LogP contribution < -0.4 is 11.1 Å². The van der Waals surface area contributed by atoms with Crippen LogP contribution in [0.5, 0.6) is 0 Å². The number of nitrogens with zero attached hydrogens (tertiary/aromatic N) is 2. The summed E-state index contributed by atoms with van der Waals surface area (Å²) in [6.07, 6.45) is 8.57. The Bertz CT molecular complexity index is 583. The minimum atomic E-state index is -0.176. The van der Waals surface area contributed by atoms with E-state index in [1.165, 1.54) is 0 Å². The van der Waals surface area contributed by atoms with Crippen LogP contribution in [0.2, 0.25) is 5.02 Å². The first-order valence-corrected chi connectivity index (χ1v) is 7.33. The second-order valence-corrected chi connectivity index (χ2v) is 5.29. The normalized spacial score (nSPS) is 10.5. The smallest absolute Gasteiger partial charge is 0.253 e. The first-order valence-electron chi connectivity index (χ1n) is 6.96. The SMILES string of the molecule is Nc1ccc(Cl)cc1C(=O)NCCCCCn1ccnc1. The fourth-order valence-electron chi connectivity index (χ4n) is 2.04. The molecule has 3 N–H and O–H groups in total. The Balaban J connectivity index is 1.66. The number of nitrogens with two attached hydrogens (primary N) is 1. The van der Waals surface area contributed by atoms with E-state index in [9.17, 15) is 4.79 Å². The summed E-state index contributed by atoms with van der Waals surface area (Å²) >= 11 is 5.87. The molecular weight excluding hydrogens is 288 g/mol. The van der Waals surface area contributed by atoms with E-state index in [1.54, 1.807) is 24.4 Å². The quantitative estimate of drug-likeness (QED) is 0.610. The average molecular weight is 307 g/mol. The first kappa shape index (κ1) is 15.4. The van der Waals surface area contributed by atoms with Crippen LogP contribution in [0.25, 0.3) is 0 Å². The van der Waals surface area contributed by atoms with Gasteiger partial charge in [0.05, 0.1) is 11.9 Å². The molecule has 0 aliphatic rings. The number of benzene rings is 1. The van der Waals surface area contributed by atoms with Crippen LogP contribution in [0.4, 0.5) is 5.69 Å². The first-order chi connectivity index (χ1) is 10.2. The van der Waals surface area contributed by atoms with Gasteiger partial charge in [0.25, 0.3) is 5.91 Å². The van der Waals surface area contributed by atoms with Crippen molar-refractivity contribution in [3.05, 3.63) is 47.5 Å². The molecule has 1 heterocycles. The number of amides is 1. The molecule has 112 valence electrons. The zero-order valence-electron chi connectivity index (χ0n) is 11.8. The Labute approximate surface area is 129 Å². The molecule has 1 amide bonds. The van der Waals surface area contributed by atoms with E-state index >= 15 is 0 Å². The van der Waals surface area contributed by atoms with Crippen molar-refractivity contribution in [2.75, 3.05) is 12.3 Å². The number of unbranched alkanes of at least 4 members (excludes halogenated alkanes) is 2. The van der Waals surface area contributed by atoms with Crippen LogP contribution in [-0.2, 0) is 6.54 Å². The Morgan fingerprint density at radius 1 is 1.33 bits per heavy atom. The Hall–Kier alpha value is -2.01. The number of anilines is 1. The highest BCUT2D eigenvalue weighted by atomic mass is 35.5. The van der Waals surface area contributed by atoms with E-state index in [4.69, 9.17) is 17.3 Å². The topological polar surface area (TPSA) is 72.9 Å². The van der Waals surface area contributed by atoms with Gasteiger partial charge >= 0.3 is 0 Å². The molecule has 2 rings (SSSR count). The van der Waals surface area contributed by atoms with Gasteiger partial charge in [-0.05, 0) is 37.5 Å². The van der Waals surface area contributed by atoms with E-state index in [-0.39, 0.29) is 5.91 Å². The Morgan fingerprint density at radius 2 is 2.19 bits per heavy atom. The number of carbonyl (C=O) groups excluding carboxylic acids is 1. The van der Waals surface area contributed by atoms with Gasteiger partial charge in [-0.25, -0.2) is 4.98 Å². The van der Waals surface area contributed by atoms with Crippen molar-refractivity contribution in [3.8, 4) is 0 Å². The van der Waals surface area contributed by atoms with Crippen molar-refractivity contribution >= 4 is 23.2 Å². The third kappa shape index (κ3) is 4.79. The minimum absolute atomic E-state index is 0.176. The summed E-state index contributed by atoms with van der Waals surface area (Å²) in [7, 11) is 0. The number of aromatic nitrogens is 2. The molecule has 1 aromatic carbocycles. The molecule has 0 aliphatic carbocycles. The largest absolute Gasteiger partial charge is 0.398 e. The van der Waals surface area contributed by atoms with Crippen molar-refractivity contribution in [2.24, 2.45) is 0 Å². The maximum absolute atomic E-state index is 12.0. The fourth-order valence-corrected chi connectivity index (χ4v) is 2.21. The lowest BCUT2D eigenvalue weighted by molar-refractivity contribution is 0.0954. The van der Waals surface area contributed by atoms with E-state index in [0.717, 1.165) is 25.8 Å². The van der Waals surface area contributed by atoms with Crippen molar-refractivity contribution < 1.29 is 4.79 Å². The number of nitrogen functional groups attached to an aromatic ring is 1. The van der Waals surface area contributed by atoms with Gasteiger partial charge in [-0.3, -0.25) is 4.79 Å². The van der Waals surface area contributed by atoms with Crippen LogP contribution in [0.1, 0.15) is 29.6 Å². The van der Waals surface area contributed by atoms with E-state index in [2.05, 4.69) is 10.3 Å². The van der Waals surface area contributed by atoms with Crippen LogP contribution in [0.15, 0.2) is 36.9 Å². The second-order valence-electron chi connectivity index (χ2n) is 4.85. The Kier molecular flexibility index (Phi) is 5.63. The van der Waals surface area contributed by atoms with E-state index < -0.39 is 0 Å². The summed E-state index contributed by atoms with van der Waals surface area (Å²) in [5.74, 6) is -0.176. The maximum Gasteiger partial charge on any atom is 0.253 e. The highest BCUT2D eigenvalue weighted by molar-refractivity contribution is 6.31. The van der Waals surface area contributed by atoms with Gasteiger partial charge in [0.2, 0.25) is 0 Å². The number of nitrogens with one attached hydrogen (secondary N) is 1. The molecule has 0 saturated heterocycles. The van der Waals surface area contributed by atoms with Crippen molar-refractivity contribution in [3.63, 3.8) is 0 Å². The number of rotatable bonds is 7. The zero-order chi connectivity index (χ0) is 15.1. The van der Waals surface area contributed by atoms with E-state index in [0.29, 0.717) is 22.8 Å². The third-order valence-electron chi connectivity index (χ3n) is 3.20. The molecule has 21 heavy (non-hydrogen) atoms. The molecule has 6 heteroatoms. The summed E-state index contributed by atoms with van der Waals surface area (Å²) in [5, 5.41) is 3.37. The lowest BCUT2D eigenvalue weighted by atomic mass is 10.1. The number of imidazole rings is 1. The van der Waals surface area contributed by atoms with Crippen molar-refractivity contribution in [1.29, 1.82) is 0 Å². The average Bonchev–Trinajstić information content (AvgIpc) is 2.98. The van der Waals surface area contributed by atoms with Crippen LogP contribution in [0, 0.1) is 0 Å². The number of hydrogen-bond acceptors (Lipinski definition) is 3. The molecule has 0 radical (unpaired) electrons. The lowest BCUT2D eigenvalue weighted by Crippen LogP contribution is -2.25. The summed E-state index contributed by atoms with van der Waals surface area (Å²) in [4.78, 5) is 16.0. The van der Waals surface area contributed by atoms with Gasteiger partial charge in [0.15, 0.2) is 0 Å². The number of aryl methyl sites for hydroxylation is 1. The molecule has 0 atom stereocenters. The van der Waals surface area contributed by atoms with Crippen molar-refractivity contribution in [2.45, 2.75) is 25.8 Å². The summed E-state index contributed by atoms with van der Waals surface area (Å²) < 4.78 is 2.05. The van der Waals surface area contributed by atoms with Gasteiger partial charge in [-0.1, -0.05) is 11.6 Å². The van der Waals surface area contributed by atoms with Crippen LogP contribution in [-0.4, -0.2) is 22.0 Å². The standard InChI is InChI=1S/C15H19ClN4O/c16-12-4-5-14(17)13(10-12)15(21)19-6-2-1-3-8-20-9-7-18-11-20/h4-5,7,9-11H,1-3,6,8,17H2,(H,19,21). The molecule has 0 aliphatic heterocycles. The Morgan fingerprint density at radius 3 is 2.95 bits per heavy atom. The van der Waals surface area contributed by atoms with Gasteiger partial charge in [-0.15, -0.1) is 0 Å². The molecule has 0 saturated carbocycles. The monoisotopic (exact) mass is 306 g/mol. The van der Waals surface area contributed by atoms with Gasteiger partial charge in [-0.2, -0.15) is 0 Å². The lowest BCUT2D eigenvalue weighted by Gasteiger charge is -2.08. The minimum Gasteiger partial charge on any atom is -0.398 e. The molecule has 1 aromatic heterocycles. The third-order valence-corrected chi connectivity index (χ3v) is 3.43. The fraction of sp³-hybridized carbons (Fsp3) is 0.333. The summed E-state index contributed by atoms with van der Waals surface area (Å²) in [5.41, 5.74) is 6.64. The van der Waals surface area contributed by atoms with Crippen molar-refractivity contribution in [1.82, 2.24) is 14.9 Å². The molecule has 0 spiro atoms. The summed E-state index contributed by atoms with van der Waals surface area (Å²) in [6, 6.07) is 4.90. The van der Waals surface area contributed by atoms with Crippen LogP contribution >= 0.6 is 11.6 Å². The summed E-state index contributed by atoms with van der Waals surface area (Å²) in [6.45, 7) is 1.59. The molecule has 5 nitrogen and oxygen atoms in total. The van der Waals surface area contributed by atoms with Gasteiger partial charge in [0, 0.05) is 36.2 Å². The molecule has 0 fully saturated rings. The second kappa shape index (κ2) is 7.69. The molecule has 2 aromatic rings. The number of hydrogen-bond donors (Lipinski definition) is 2. The van der Waals surface area contributed by atoms with E-state index in [1.807, 2.05) is 17.1 Å². The van der Waals surface area contributed by atoms with Gasteiger partial charge < -0.3 is 15.6 Å². The van der Waals surface area contributed by atoms with Gasteiger partial charge in [0.1, 0.15) is 0 Å². The maximum atomic E-state index is 12.0.